The molecule has 0 radical (unpaired) electrons. The van der Waals surface area contributed by atoms with E-state index in [2.05, 4.69) is 55.7 Å². The van der Waals surface area contributed by atoms with Crippen LogP contribution in [-0.2, 0) is 61.4 Å². The number of hydrogen-bond acceptors (Lipinski definition) is 11. The van der Waals surface area contributed by atoms with E-state index >= 15 is 0 Å². The summed E-state index contributed by atoms with van der Waals surface area (Å²) in [7, 11) is 0. The number of halogens is 2. The number of aromatic nitrogens is 2. The summed E-state index contributed by atoms with van der Waals surface area (Å²) in [4.78, 5) is 112. The van der Waals surface area contributed by atoms with Crippen LogP contribution in [0.25, 0.3) is 21.8 Å². The first kappa shape index (κ1) is 87.0. The van der Waals surface area contributed by atoms with Crippen molar-refractivity contribution in [3.63, 3.8) is 0 Å². The minimum atomic E-state index is -1.56. The number of alkyl carbamates (subject to hydrolysis) is 2. The van der Waals surface area contributed by atoms with E-state index in [9.17, 15) is 43.5 Å². The molecule has 9 N–H and O–H groups in total. The van der Waals surface area contributed by atoms with Crippen LogP contribution >= 0.6 is 35.6 Å². The predicted molar refractivity (Wildman–Crippen MR) is 419 cm³/mol. The Balaban J connectivity index is 0.000000466. The van der Waals surface area contributed by atoms with Gasteiger partial charge in [-0.1, -0.05) is 225 Å². The number of aromatic amines is 2. The van der Waals surface area contributed by atoms with Crippen LogP contribution in [0.3, 0.4) is 0 Å². The molecule has 0 aliphatic carbocycles. The smallest absolute Gasteiger partial charge is 0.407 e. The van der Waals surface area contributed by atoms with Crippen molar-refractivity contribution in [1.29, 1.82) is 0 Å². The molecule has 5 atom stereocenters. The van der Waals surface area contributed by atoms with E-state index < -0.39 is 76.9 Å². The second-order valence-corrected chi connectivity index (χ2v) is 28.2. The number of para-hydroxylation sites is 2. The molecule has 562 valence electrons. The van der Waals surface area contributed by atoms with Gasteiger partial charge in [0.15, 0.2) is 5.60 Å². The maximum Gasteiger partial charge on any atom is 0.407 e. The number of fused-ring (bicyclic) bond motifs is 2. The van der Waals surface area contributed by atoms with Crippen molar-refractivity contribution in [2.75, 3.05) is 13.1 Å². The molecule has 2 aromatic heterocycles. The molecule has 5 aromatic carbocycles. The van der Waals surface area contributed by atoms with Crippen molar-refractivity contribution in [3.05, 3.63) is 178 Å². The molecule has 2 heterocycles. The lowest BCUT2D eigenvalue weighted by Crippen LogP contribution is -2.54. The third kappa shape index (κ3) is 29.3. The highest BCUT2D eigenvalue weighted by molar-refractivity contribution is 14.0. The summed E-state index contributed by atoms with van der Waals surface area (Å²) in [5.41, 5.74) is 3.27. The number of ether oxygens (including phenoxy) is 3. The average Bonchev–Trinajstić information content (AvgIpc) is 1.47. The average molecular weight is 1550 g/mol. The topological polar surface area (TPSA) is 288 Å². The molecule has 0 fully saturated rings. The monoisotopic (exact) mass is 1550 g/mol. The van der Waals surface area contributed by atoms with Crippen molar-refractivity contribution in [1.82, 2.24) is 41.9 Å². The second kappa shape index (κ2) is 44.3. The van der Waals surface area contributed by atoms with Gasteiger partial charge in [-0.15, -0.1) is 24.0 Å². The number of unbranched alkanes of at least 4 members (excludes halogenated alkanes) is 12. The van der Waals surface area contributed by atoms with Gasteiger partial charge >= 0.3 is 24.1 Å². The summed E-state index contributed by atoms with van der Waals surface area (Å²) in [5, 5.41) is 28.5. The Kier molecular flexibility index (Phi) is 37.4. The number of amides is 6. The molecule has 0 bridgehead atoms. The molecule has 20 nitrogen and oxygen atoms in total. The van der Waals surface area contributed by atoms with E-state index in [0.29, 0.717) is 34.6 Å². The summed E-state index contributed by atoms with van der Waals surface area (Å²) in [6.07, 6.45) is 18.0. The zero-order chi connectivity index (χ0) is 73.4. The summed E-state index contributed by atoms with van der Waals surface area (Å²) in [6.45, 7) is 16.7. The van der Waals surface area contributed by atoms with Gasteiger partial charge < -0.3 is 61.2 Å². The highest BCUT2D eigenvalue weighted by atomic mass is 127. The van der Waals surface area contributed by atoms with E-state index in [0.717, 1.165) is 83.4 Å². The van der Waals surface area contributed by atoms with Gasteiger partial charge in [0.25, 0.3) is 0 Å². The molecular formula is C81H112ClIN8O12. The fraction of sp³-hybridized carbons (Fsp3) is 0.481. The first-order chi connectivity index (χ1) is 48.3. The van der Waals surface area contributed by atoms with E-state index in [1.165, 1.54) is 38.5 Å². The molecule has 22 heteroatoms. The van der Waals surface area contributed by atoms with Crippen LogP contribution in [0.5, 0.6) is 0 Å². The highest BCUT2D eigenvalue weighted by Crippen LogP contribution is 2.44. The summed E-state index contributed by atoms with van der Waals surface area (Å²) >= 11 is 6.97. The zero-order valence-corrected chi connectivity index (χ0v) is 64.0. The minimum Gasteiger partial charge on any atom is -0.480 e. The number of aliphatic carboxylic acids is 1. The number of carbonyl (C=O) groups is 8. The third-order valence-electron chi connectivity index (χ3n) is 17.1. The second-order valence-electron chi connectivity index (χ2n) is 27.8. The third-order valence-corrected chi connectivity index (χ3v) is 17.4. The fourth-order valence-corrected chi connectivity index (χ4v) is 12.1. The molecule has 0 aliphatic heterocycles. The Morgan fingerprint density at radius 1 is 0.476 bits per heavy atom. The van der Waals surface area contributed by atoms with Crippen molar-refractivity contribution in [3.8, 4) is 0 Å². The number of aryl methyl sites for hydroxylation is 1. The van der Waals surface area contributed by atoms with E-state index in [1.54, 1.807) is 59.9 Å². The van der Waals surface area contributed by atoms with Gasteiger partial charge in [-0.2, -0.15) is 0 Å². The number of carboxylic acid groups (broad SMARTS) is 1. The summed E-state index contributed by atoms with van der Waals surface area (Å²) in [6, 6.07) is 35.0. The first-order valence-corrected chi connectivity index (χ1v) is 36.2. The molecule has 103 heavy (non-hydrogen) atoms. The van der Waals surface area contributed by atoms with Gasteiger partial charge in [0.05, 0.1) is 0 Å². The molecule has 5 unspecified atom stereocenters. The van der Waals surface area contributed by atoms with Crippen molar-refractivity contribution in [2.24, 2.45) is 0 Å². The molecular weight excluding hydrogens is 1440 g/mol. The molecule has 0 aliphatic rings. The van der Waals surface area contributed by atoms with Crippen molar-refractivity contribution >= 4 is 105 Å². The Morgan fingerprint density at radius 2 is 0.874 bits per heavy atom. The molecule has 0 saturated heterocycles. The standard InChI is InChI=1S/C50H61ClN4O6.C30H46N4O6.CH4.HI/c1-6-7-8-9-10-11-15-26-45(56)54-44(33-36-34-53-42-25-19-16-22-39(36)42)46(57)55-43(31-32-52-48(59)61-49(3,4)5)47(58)60-50(37-20-13-12-14-21-37,38-29-27-35(2)28-30-38)40-23-17-18-24-41(40)51;1-5-6-7-8-9-10-11-16-26(35)33-25(19-21-20-32-23-15-13-12-14-22(21)23)27(36)34-24(28(37)38)17-18-31-29(39)40-30(2,3)4;;/h12-14,16-25,27-30,34,43-44,53H,6-11,15,26,31-33H2,1-5H3,(H,52,59)(H,54,56)(H,55,57);12-15,20,24-25,32H,5-11,16-19H2,1-4H3,(H,31,39)(H,33,35)(H,34,36)(H,37,38);1H4;1H. The highest BCUT2D eigenvalue weighted by Gasteiger charge is 2.44. The maximum absolute atomic E-state index is 15.0. The number of H-pyrrole nitrogens is 2. The van der Waals surface area contributed by atoms with Crippen LogP contribution in [0.2, 0.25) is 5.02 Å². The number of rotatable bonds is 38. The lowest BCUT2D eigenvalue weighted by atomic mass is 9.79. The quantitative estimate of drug-likeness (QED) is 0.00574. The van der Waals surface area contributed by atoms with Gasteiger partial charge in [0, 0.05) is 94.7 Å². The van der Waals surface area contributed by atoms with Gasteiger partial charge in [-0.05, 0) is 103 Å². The Bertz CT molecular complexity index is 3770. The van der Waals surface area contributed by atoms with Gasteiger partial charge in [0.2, 0.25) is 23.6 Å². The number of carboxylic acids is 1. The SMILES string of the molecule is C.CCCCCCCCCC(=O)NC(Cc1c[nH]c2ccccc12)C(=O)NC(CCNC(=O)OC(C)(C)C)C(=O)O.CCCCCCCCCC(=O)NC(Cc1c[nH]c2ccccc12)C(=O)NC(CCNC(=O)OC(C)(C)C)C(=O)OC(c1ccccc1)(c1ccc(C)cc1)c1ccccc1Cl.I. The van der Waals surface area contributed by atoms with Crippen molar-refractivity contribution < 1.29 is 57.7 Å². The zero-order valence-electron chi connectivity index (χ0n) is 60.9. The molecule has 7 rings (SSSR count). The van der Waals surface area contributed by atoms with Crippen LogP contribution in [0, 0.1) is 6.92 Å². The van der Waals surface area contributed by atoms with Crippen LogP contribution < -0.4 is 31.9 Å². The van der Waals surface area contributed by atoms with E-state index in [-0.39, 0.29) is 88.4 Å². The number of benzene rings is 5. The first-order valence-electron chi connectivity index (χ1n) is 35.9. The Labute approximate surface area is 631 Å². The Hall–Kier alpha value is -8.44. The number of carbonyl (C=O) groups excluding carboxylic acids is 7. The fourth-order valence-electron chi connectivity index (χ4n) is 11.9. The number of hydrogen-bond donors (Lipinski definition) is 9. The maximum atomic E-state index is 15.0. The lowest BCUT2D eigenvalue weighted by molar-refractivity contribution is -0.157. The minimum absolute atomic E-state index is 0. The predicted octanol–water partition coefficient (Wildman–Crippen LogP) is 16.3. The molecule has 6 amide bonds. The normalized spacial score (nSPS) is 13.0. The molecule has 0 saturated carbocycles. The van der Waals surface area contributed by atoms with Crippen LogP contribution in [0.4, 0.5) is 9.59 Å². The van der Waals surface area contributed by atoms with Gasteiger partial charge in [-0.25, -0.2) is 19.2 Å². The van der Waals surface area contributed by atoms with Gasteiger partial charge in [-0.3, -0.25) is 19.2 Å². The van der Waals surface area contributed by atoms with Crippen LogP contribution in [0.15, 0.2) is 140 Å². The van der Waals surface area contributed by atoms with E-state index in [1.807, 2.05) is 128 Å². The largest absolute Gasteiger partial charge is 0.480 e. The number of esters is 1. The Morgan fingerprint density at radius 3 is 1.32 bits per heavy atom. The van der Waals surface area contributed by atoms with Crippen molar-refractivity contribution in [2.45, 2.75) is 239 Å². The summed E-state index contributed by atoms with van der Waals surface area (Å²) < 4.78 is 17.4. The molecule has 7 aromatic rings. The van der Waals surface area contributed by atoms with Gasteiger partial charge in [0.1, 0.15) is 35.4 Å². The van der Waals surface area contributed by atoms with Crippen LogP contribution in [-0.4, -0.2) is 111 Å². The van der Waals surface area contributed by atoms with Crippen LogP contribution in [0.1, 0.15) is 212 Å². The van der Waals surface area contributed by atoms with E-state index in [4.69, 9.17) is 25.8 Å². The number of nitrogens with one attached hydrogen (secondary N) is 8. The lowest BCUT2D eigenvalue weighted by Gasteiger charge is -2.37. The molecule has 0 spiro atoms. The summed E-state index contributed by atoms with van der Waals surface area (Å²) in [5.74, 6) is -3.67.